The summed E-state index contributed by atoms with van der Waals surface area (Å²) in [7, 11) is 0. The Hall–Kier alpha value is -1.58. The van der Waals surface area contributed by atoms with Crippen molar-refractivity contribution in [3.63, 3.8) is 0 Å². The quantitative estimate of drug-likeness (QED) is 0.820. The van der Waals surface area contributed by atoms with Crippen LogP contribution in [-0.2, 0) is 0 Å². The molecule has 0 atom stereocenters. The van der Waals surface area contributed by atoms with Crippen LogP contribution >= 0.6 is 31.9 Å². The number of nitriles is 1. The summed E-state index contributed by atoms with van der Waals surface area (Å²) in [5, 5.41) is 12.0. The second-order valence-corrected chi connectivity index (χ2v) is 5.58. The van der Waals surface area contributed by atoms with Gasteiger partial charge in [-0.05, 0) is 62.5 Å². The molecule has 2 rings (SSSR count). The van der Waals surface area contributed by atoms with Gasteiger partial charge in [-0.1, -0.05) is 0 Å². The number of nitrogen functional groups attached to an aromatic ring is 1. The summed E-state index contributed by atoms with van der Waals surface area (Å²) in [5.74, 6) is 0.678. The maximum Gasteiger partial charge on any atom is 0.145 e. The van der Waals surface area contributed by atoms with Gasteiger partial charge in [0.05, 0.1) is 33.7 Å². The number of rotatable bonds is 2. The lowest BCUT2D eigenvalue weighted by atomic mass is 10.2. The smallest absolute Gasteiger partial charge is 0.145 e. The first-order valence-electron chi connectivity index (χ1n) is 5.40. The van der Waals surface area contributed by atoms with Gasteiger partial charge in [0.25, 0.3) is 0 Å². The van der Waals surface area contributed by atoms with Crippen LogP contribution in [0.1, 0.15) is 11.1 Å². The second-order valence-electron chi connectivity index (χ2n) is 3.93. The molecular formula is C13H10Br2N4. The number of hydrogen-bond acceptors (Lipinski definition) is 4. The molecule has 4 nitrogen and oxygen atoms in total. The molecule has 0 saturated carbocycles. The highest BCUT2D eigenvalue weighted by atomic mass is 79.9. The summed E-state index contributed by atoms with van der Waals surface area (Å²) in [5.41, 5.74) is 8.78. The molecule has 1 heterocycles. The van der Waals surface area contributed by atoms with Crippen LogP contribution < -0.4 is 11.1 Å². The van der Waals surface area contributed by atoms with E-state index in [0.717, 1.165) is 20.2 Å². The Morgan fingerprint density at radius 3 is 2.74 bits per heavy atom. The normalized spacial score (nSPS) is 10.0. The monoisotopic (exact) mass is 380 g/mol. The van der Waals surface area contributed by atoms with Gasteiger partial charge < -0.3 is 11.1 Å². The molecule has 0 aliphatic heterocycles. The standard InChI is InChI=1S/C13H10Br2N4/c1-7-10(17)6-18-13(12(7)15)19-11-3-2-8(5-16)4-9(11)14/h2-4,6H,17H2,1H3,(H,18,19). The minimum Gasteiger partial charge on any atom is -0.397 e. The highest BCUT2D eigenvalue weighted by molar-refractivity contribution is 9.11. The predicted molar refractivity (Wildman–Crippen MR) is 83.2 cm³/mol. The van der Waals surface area contributed by atoms with E-state index in [0.29, 0.717) is 17.1 Å². The third kappa shape index (κ3) is 2.88. The van der Waals surface area contributed by atoms with Gasteiger partial charge in [0.15, 0.2) is 0 Å². The van der Waals surface area contributed by atoms with Crippen LogP contribution in [0.2, 0.25) is 0 Å². The fraction of sp³-hybridized carbons (Fsp3) is 0.0769. The summed E-state index contributed by atoms with van der Waals surface area (Å²) < 4.78 is 1.62. The van der Waals surface area contributed by atoms with E-state index < -0.39 is 0 Å². The van der Waals surface area contributed by atoms with Crippen LogP contribution in [0.15, 0.2) is 33.3 Å². The molecule has 0 amide bonds. The number of halogens is 2. The summed E-state index contributed by atoms with van der Waals surface area (Å²) in [6.45, 7) is 1.92. The van der Waals surface area contributed by atoms with Crippen molar-refractivity contribution in [1.82, 2.24) is 4.98 Å². The molecule has 0 aliphatic carbocycles. The first kappa shape index (κ1) is 13.8. The number of nitrogens with zero attached hydrogens (tertiary/aromatic N) is 2. The van der Waals surface area contributed by atoms with Crippen LogP contribution in [0, 0.1) is 18.3 Å². The molecule has 6 heteroatoms. The zero-order valence-corrected chi connectivity index (χ0v) is 13.2. The molecule has 0 saturated heterocycles. The lowest BCUT2D eigenvalue weighted by Gasteiger charge is -2.12. The summed E-state index contributed by atoms with van der Waals surface area (Å²) in [6.07, 6.45) is 1.61. The van der Waals surface area contributed by atoms with Crippen molar-refractivity contribution in [1.29, 1.82) is 5.26 Å². The largest absolute Gasteiger partial charge is 0.397 e. The van der Waals surface area contributed by atoms with E-state index in [2.05, 4.69) is 48.2 Å². The third-order valence-electron chi connectivity index (χ3n) is 2.65. The van der Waals surface area contributed by atoms with Gasteiger partial charge in [0, 0.05) is 4.47 Å². The van der Waals surface area contributed by atoms with E-state index in [9.17, 15) is 0 Å². The van der Waals surface area contributed by atoms with Crippen LogP contribution in [0.25, 0.3) is 0 Å². The average Bonchev–Trinajstić information content (AvgIpc) is 2.41. The van der Waals surface area contributed by atoms with Crippen molar-refractivity contribution in [3.8, 4) is 6.07 Å². The number of pyridine rings is 1. The molecule has 0 spiro atoms. The van der Waals surface area contributed by atoms with Crippen molar-refractivity contribution in [2.45, 2.75) is 6.92 Å². The number of nitrogens with one attached hydrogen (secondary N) is 1. The van der Waals surface area contributed by atoms with Crippen LogP contribution in [0.5, 0.6) is 0 Å². The van der Waals surface area contributed by atoms with Crippen molar-refractivity contribution in [2.75, 3.05) is 11.1 Å². The highest BCUT2D eigenvalue weighted by Crippen LogP contribution is 2.32. The van der Waals surface area contributed by atoms with E-state index >= 15 is 0 Å². The Bertz CT molecular complexity index is 677. The van der Waals surface area contributed by atoms with Gasteiger partial charge in [0.1, 0.15) is 5.82 Å². The minimum absolute atomic E-state index is 0.595. The number of anilines is 3. The molecule has 0 unspecified atom stereocenters. The number of nitrogens with two attached hydrogens (primary N) is 1. The molecule has 19 heavy (non-hydrogen) atoms. The molecule has 96 valence electrons. The van der Waals surface area contributed by atoms with Crippen LogP contribution in [0.4, 0.5) is 17.2 Å². The molecule has 2 aromatic rings. The van der Waals surface area contributed by atoms with E-state index in [1.54, 1.807) is 18.3 Å². The van der Waals surface area contributed by atoms with Crippen molar-refractivity contribution in [3.05, 3.63) is 44.5 Å². The number of aromatic nitrogens is 1. The molecule has 0 bridgehead atoms. The lowest BCUT2D eigenvalue weighted by Crippen LogP contribution is -2.00. The first-order chi connectivity index (χ1) is 9.02. The topological polar surface area (TPSA) is 74.7 Å². The van der Waals surface area contributed by atoms with Crippen molar-refractivity contribution < 1.29 is 0 Å². The van der Waals surface area contributed by atoms with Gasteiger partial charge in [-0.2, -0.15) is 5.26 Å². The molecule has 0 radical (unpaired) electrons. The molecule has 0 aliphatic rings. The lowest BCUT2D eigenvalue weighted by molar-refractivity contribution is 1.25. The minimum atomic E-state index is 0.595. The zero-order chi connectivity index (χ0) is 14.0. The molecule has 1 aromatic heterocycles. The second kappa shape index (κ2) is 5.59. The Kier molecular flexibility index (Phi) is 4.08. The summed E-state index contributed by atoms with van der Waals surface area (Å²) in [6, 6.07) is 7.40. The third-order valence-corrected chi connectivity index (χ3v) is 4.28. The van der Waals surface area contributed by atoms with Gasteiger partial charge in [-0.15, -0.1) is 0 Å². The molecule has 1 aromatic carbocycles. The first-order valence-corrected chi connectivity index (χ1v) is 6.98. The average molecular weight is 382 g/mol. The van der Waals surface area contributed by atoms with Crippen molar-refractivity contribution in [2.24, 2.45) is 0 Å². The van der Waals surface area contributed by atoms with Gasteiger partial charge >= 0.3 is 0 Å². The van der Waals surface area contributed by atoms with Gasteiger partial charge in [-0.25, -0.2) is 4.98 Å². The van der Waals surface area contributed by atoms with Crippen molar-refractivity contribution >= 4 is 49.1 Å². The molecular weight excluding hydrogens is 372 g/mol. The Morgan fingerprint density at radius 2 is 2.11 bits per heavy atom. The van der Waals surface area contributed by atoms with Gasteiger partial charge in [-0.3, -0.25) is 0 Å². The SMILES string of the molecule is Cc1c(N)cnc(Nc2ccc(C#N)cc2Br)c1Br. The van der Waals surface area contributed by atoms with E-state index in [1.807, 2.05) is 13.0 Å². The predicted octanol–water partition coefficient (Wildman–Crippen LogP) is 4.11. The fourth-order valence-electron chi connectivity index (χ4n) is 1.49. The fourth-order valence-corrected chi connectivity index (χ4v) is 2.40. The van der Waals surface area contributed by atoms with E-state index in [4.69, 9.17) is 11.0 Å². The highest BCUT2D eigenvalue weighted by Gasteiger charge is 2.09. The maximum absolute atomic E-state index is 8.83. The summed E-state index contributed by atoms with van der Waals surface area (Å²) >= 11 is 6.89. The Morgan fingerprint density at radius 1 is 1.37 bits per heavy atom. The Labute approximate surface area is 127 Å². The van der Waals surface area contributed by atoms with E-state index in [1.165, 1.54) is 0 Å². The van der Waals surface area contributed by atoms with Crippen LogP contribution in [-0.4, -0.2) is 4.98 Å². The van der Waals surface area contributed by atoms with E-state index in [-0.39, 0.29) is 0 Å². The molecule has 0 fully saturated rings. The zero-order valence-electron chi connectivity index (χ0n) is 10.0. The van der Waals surface area contributed by atoms with Crippen LogP contribution in [0.3, 0.4) is 0 Å². The Balaban J connectivity index is 2.37. The number of benzene rings is 1. The number of hydrogen-bond donors (Lipinski definition) is 2. The maximum atomic E-state index is 8.83. The molecule has 3 N–H and O–H groups in total. The van der Waals surface area contributed by atoms with Gasteiger partial charge in [0.2, 0.25) is 0 Å². The summed E-state index contributed by atoms with van der Waals surface area (Å²) in [4.78, 5) is 4.25.